The first-order valence-corrected chi connectivity index (χ1v) is 11.6. The van der Waals surface area contributed by atoms with Crippen molar-refractivity contribution in [3.8, 4) is 11.5 Å². The number of amides is 1. The van der Waals surface area contributed by atoms with E-state index in [-0.39, 0.29) is 25.3 Å². The van der Waals surface area contributed by atoms with Crippen LogP contribution in [0.25, 0.3) is 0 Å². The molecule has 0 saturated carbocycles. The zero-order chi connectivity index (χ0) is 20.3. The average molecular weight is 425 g/mol. The molecule has 0 aliphatic carbocycles. The van der Waals surface area contributed by atoms with Crippen LogP contribution in [-0.4, -0.2) is 49.2 Å². The highest BCUT2D eigenvalue weighted by Crippen LogP contribution is 2.33. The second kappa shape index (κ2) is 8.50. The van der Waals surface area contributed by atoms with E-state index in [2.05, 4.69) is 0 Å². The van der Waals surface area contributed by atoms with Crippen molar-refractivity contribution in [1.82, 2.24) is 9.21 Å². The summed E-state index contributed by atoms with van der Waals surface area (Å²) in [5.74, 6) is 1.09. The van der Waals surface area contributed by atoms with Gasteiger partial charge in [-0.2, -0.15) is 4.31 Å². The van der Waals surface area contributed by atoms with E-state index in [1.54, 1.807) is 30.1 Å². The molecule has 1 aliphatic rings. The normalized spacial score (nSPS) is 13.3. The second-order valence-corrected chi connectivity index (χ2v) is 9.89. The lowest BCUT2D eigenvalue weighted by Gasteiger charge is -2.28. The quantitative estimate of drug-likeness (QED) is 0.651. The van der Waals surface area contributed by atoms with Gasteiger partial charge in [-0.25, -0.2) is 8.42 Å². The predicted octanol–water partition coefficient (Wildman–Crippen LogP) is 2.68. The first-order chi connectivity index (χ1) is 13.2. The lowest BCUT2D eigenvalue weighted by atomic mass is 10.2. The molecule has 1 amide bonds. The highest BCUT2D eigenvalue weighted by Gasteiger charge is 2.26. The van der Waals surface area contributed by atoms with Gasteiger partial charge in [0.15, 0.2) is 11.5 Å². The van der Waals surface area contributed by atoms with Gasteiger partial charge in [-0.1, -0.05) is 12.1 Å². The Balaban J connectivity index is 1.81. The molecule has 2 heterocycles. The van der Waals surface area contributed by atoms with Crippen molar-refractivity contribution < 1.29 is 22.7 Å². The van der Waals surface area contributed by atoms with E-state index < -0.39 is 10.0 Å². The van der Waals surface area contributed by atoms with Crippen molar-refractivity contribution in [2.75, 3.05) is 19.6 Å². The summed E-state index contributed by atoms with van der Waals surface area (Å²) in [6, 6.07) is 9.16. The molecule has 1 aromatic carbocycles. The Morgan fingerprint density at radius 3 is 2.57 bits per heavy atom. The lowest BCUT2D eigenvalue weighted by molar-refractivity contribution is -0.132. The molecule has 2 aromatic rings. The molecule has 0 fully saturated rings. The van der Waals surface area contributed by atoms with Gasteiger partial charge in [0.2, 0.25) is 22.7 Å². The van der Waals surface area contributed by atoms with Gasteiger partial charge in [-0.3, -0.25) is 4.79 Å². The molecule has 0 radical (unpaired) electrons. The zero-order valence-corrected chi connectivity index (χ0v) is 17.8. The first-order valence-electron chi connectivity index (χ1n) is 8.89. The second-order valence-electron chi connectivity index (χ2n) is 6.92. The van der Waals surface area contributed by atoms with Crippen LogP contribution in [0, 0.1) is 0 Å². The predicted molar refractivity (Wildman–Crippen MR) is 108 cm³/mol. The van der Waals surface area contributed by atoms with Crippen LogP contribution in [0.5, 0.6) is 11.5 Å². The summed E-state index contributed by atoms with van der Waals surface area (Å²) in [6.45, 7) is 4.29. The molecule has 0 atom stereocenters. The number of carbonyl (C=O) groups excluding carboxylic acids is 1. The lowest BCUT2D eigenvalue weighted by Crippen LogP contribution is -2.45. The van der Waals surface area contributed by atoms with E-state index >= 15 is 0 Å². The van der Waals surface area contributed by atoms with Crippen LogP contribution in [-0.2, 0) is 27.9 Å². The van der Waals surface area contributed by atoms with Crippen LogP contribution in [0.1, 0.15) is 24.3 Å². The third kappa shape index (κ3) is 5.03. The Morgan fingerprint density at radius 2 is 1.93 bits per heavy atom. The summed E-state index contributed by atoms with van der Waals surface area (Å²) in [6.07, 6.45) is 1.13. The maximum Gasteiger partial charge on any atom is 0.238 e. The number of hydrogen-bond acceptors (Lipinski definition) is 6. The smallest absolute Gasteiger partial charge is 0.238 e. The van der Waals surface area contributed by atoms with Crippen LogP contribution >= 0.6 is 11.3 Å². The molecule has 152 valence electrons. The van der Waals surface area contributed by atoms with Crippen LogP contribution < -0.4 is 9.47 Å². The molecule has 1 aromatic heterocycles. The highest BCUT2D eigenvalue weighted by molar-refractivity contribution is 7.88. The highest BCUT2D eigenvalue weighted by atomic mass is 32.2. The number of ether oxygens (including phenoxy) is 2. The van der Waals surface area contributed by atoms with Gasteiger partial charge >= 0.3 is 0 Å². The van der Waals surface area contributed by atoms with Gasteiger partial charge in [0.05, 0.1) is 19.3 Å². The summed E-state index contributed by atoms with van der Waals surface area (Å²) >= 11 is 1.56. The van der Waals surface area contributed by atoms with E-state index in [1.807, 2.05) is 35.7 Å². The van der Waals surface area contributed by atoms with Crippen LogP contribution in [0.15, 0.2) is 35.7 Å². The third-order valence-electron chi connectivity index (χ3n) is 4.38. The SMILES string of the molecule is CC(C)N(CC(=O)N(Cc1ccc2c(c1)OCO2)Cc1cccs1)S(C)(=O)=O. The molecule has 3 rings (SSSR count). The van der Waals surface area contributed by atoms with Crippen LogP contribution in [0.2, 0.25) is 0 Å². The number of rotatable bonds is 8. The van der Waals surface area contributed by atoms with Crippen molar-refractivity contribution in [3.05, 3.63) is 46.2 Å². The maximum atomic E-state index is 13.0. The number of nitrogens with zero attached hydrogens (tertiary/aromatic N) is 2. The molecule has 0 spiro atoms. The minimum Gasteiger partial charge on any atom is -0.454 e. The Hall–Kier alpha value is -2.10. The van der Waals surface area contributed by atoms with Gasteiger partial charge < -0.3 is 14.4 Å². The molecule has 0 N–H and O–H groups in total. The molecule has 0 bridgehead atoms. The van der Waals surface area contributed by atoms with E-state index in [0.717, 1.165) is 16.7 Å². The fourth-order valence-electron chi connectivity index (χ4n) is 3.00. The minimum absolute atomic E-state index is 0.188. The van der Waals surface area contributed by atoms with Gasteiger partial charge in [0, 0.05) is 17.5 Å². The number of sulfonamides is 1. The van der Waals surface area contributed by atoms with Crippen molar-refractivity contribution >= 4 is 27.3 Å². The molecular weight excluding hydrogens is 400 g/mol. The number of hydrogen-bond donors (Lipinski definition) is 0. The number of carbonyl (C=O) groups is 1. The summed E-state index contributed by atoms with van der Waals surface area (Å²) in [5, 5.41) is 1.95. The third-order valence-corrected chi connectivity index (χ3v) is 6.65. The molecule has 0 saturated heterocycles. The van der Waals surface area contributed by atoms with Crippen molar-refractivity contribution in [1.29, 1.82) is 0 Å². The molecule has 0 unspecified atom stereocenters. The van der Waals surface area contributed by atoms with Crippen molar-refractivity contribution in [2.45, 2.75) is 33.0 Å². The summed E-state index contributed by atoms with van der Waals surface area (Å²) in [4.78, 5) is 15.7. The largest absolute Gasteiger partial charge is 0.454 e. The van der Waals surface area contributed by atoms with Gasteiger partial charge in [0.25, 0.3) is 0 Å². The Labute approximate surface area is 169 Å². The minimum atomic E-state index is -3.48. The zero-order valence-electron chi connectivity index (χ0n) is 16.1. The topological polar surface area (TPSA) is 76.2 Å². The fourth-order valence-corrected chi connectivity index (χ4v) is 4.83. The number of benzene rings is 1. The first kappa shape index (κ1) is 20.6. The van der Waals surface area contributed by atoms with Gasteiger partial charge in [-0.05, 0) is 43.0 Å². The van der Waals surface area contributed by atoms with Crippen molar-refractivity contribution in [2.24, 2.45) is 0 Å². The monoisotopic (exact) mass is 424 g/mol. The molecule has 1 aliphatic heterocycles. The molecule has 9 heteroatoms. The average Bonchev–Trinajstić information content (AvgIpc) is 3.28. The Kier molecular flexibility index (Phi) is 6.26. The summed E-state index contributed by atoms with van der Waals surface area (Å²) in [5.41, 5.74) is 0.893. The summed E-state index contributed by atoms with van der Waals surface area (Å²) < 4.78 is 36.1. The number of fused-ring (bicyclic) bond motifs is 1. The molecule has 7 nitrogen and oxygen atoms in total. The Morgan fingerprint density at radius 1 is 1.18 bits per heavy atom. The standard InChI is InChI=1S/C19H24N2O5S2/c1-14(2)21(28(3,23)24)12-19(22)20(11-16-5-4-8-27-16)10-15-6-7-17-18(9-15)26-13-25-17/h4-9,14H,10-13H2,1-3H3. The van der Waals surface area contributed by atoms with Gasteiger partial charge in [0.1, 0.15) is 0 Å². The molecule has 28 heavy (non-hydrogen) atoms. The van der Waals surface area contributed by atoms with Crippen molar-refractivity contribution in [3.63, 3.8) is 0 Å². The maximum absolute atomic E-state index is 13.0. The number of thiophene rings is 1. The summed E-state index contributed by atoms with van der Waals surface area (Å²) in [7, 11) is -3.48. The fraction of sp³-hybridized carbons (Fsp3) is 0.421. The van der Waals surface area contributed by atoms with E-state index in [0.29, 0.717) is 24.6 Å². The van der Waals surface area contributed by atoms with E-state index in [9.17, 15) is 13.2 Å². The van der Waals surface area contributed by atoms with Crippen LogP contribution in [0.4, 0.5) is 0 Å². The molecular formula is C19H24N2O5S2. The Bertz CT molecular complexity index is 926. The van der Waals surface area contributed by atoms with E-state index in [1.165, 1.54) is 4.31 Å². The van der Waals surface area contributed by atoms with E-state index in [4.69, 9.17) is 9.47 Å². The van der Waals surface area contributed by atoms with Gasteiger partial charge in [-0.15, -0.1) is 11.3 Å². The van der Waals surface area contributed by atoms with Crippen LogP contribution in [0.3, 0.4) is 0 Å².